The van der Waals surface area contributed by atoms with Gasteiger partial charge in [-0.1, -0.05) is 30.3 Å². The fourth-order valence-corrected chi connectivity index (χ4v) is 3.88. The second-order valence-electron chi connectivity index (χ2n) is 7.00. The van der Waals surface area contributed by atoms with Crippen molar-refractivity contribution in [1.82, 2.24) is 10.2 Å². The van der Waals surface area contributed by atoms with Crippen LogP contribution in [0.5, 0.6) is 0 Å². The van der Waals surface area contributed by atoms with Crippen molar-refractivity contribution in [2.75, 3.05) is 26.2 Å². The number of nitrogens with zero attached hydrogens (tertiary/aromatic N) is 1. The third-order valence-electron chi connectivity index (χ3n) is 5.10. The Hall–Kier alpha value is -0.860. The summed E-state index contributed by atoms with van der Waals surface area (Å²) in [4.78, 5) is 2.68. The Bertz CT molecular complexity index is 401. The van der Waals surface area contributed by atoms with Gasteiger partial charge in [-0.2, -0.15) is 0 Å². The van der Waals surface area contributed by atoms with Gasteiger partial charge in [0.05, 0.1) is 0 Å². The Labute approximate surface area is 123 Å². The summed E-state index contributed by atoms with van der Waals surface area (Å²) in [7, 11) is 0. The summed E-state index contributed by atoms with van der Waals surface area (Å²) in [6, 6.07) is 11.0. The molecule has 2 aliphatic rings. The lowest BCUT2D eigenvalue weighted by Crippen LogP contribution is -2.49. The van der Waals surface area contributed by atoms with Gasteiger partial charge in [-0.05, 0) is 70.1 Å². The summed E-state index contributed by atoms with van der Waals surface area (Å²) >= 11 is 0. The Morgan fingerprint density at radius 1 is 1.20 bits per heavy atom. The molecule has 2 nitrogen and oxygen atoms in total. The first kappa shape index (κ1) is 14.1. The third kappa shape index (κ3) is 3.62. The van der Waals surface area contributed by atoms with Crippen LogP contribution >= 0.6 is 0 Å². The van der Waals surface area contributed by atoms with E-state index in [1.807, 2.05) is 0 Å². The molecule has 2 fully saturated rings. The predicted molar refractivity (Wildman–Crippen MR) is 85.0 cm³/mol. The highest BCUT2D eigenvalue weighted by Crippen LogP contribution is 2.25. The molecule has 0 aliphatic carbocycles. The highest BCUT2D eigenvalue weighted by Gasteiger charge is 2.31. The number of benzene rings is 1. The monoisotopic (exact) mass is 272 g/mol. The van der Waals surface area contributed by atoms with E-state index in [-0.39, 0.29) is 0 Å². The summed E-state index contributed by atoms with van der Waals surface area (Å²) in [6.45, 7) is 7.42. The van der Waals surface area contributed by atoms with Crippen LogP contribution in [0, 0.1) is 5.92 Å². The van der Waals surface area contributed by atoms with E-state index in [4.69, 9.17) is 0 Å². The van der Waals surface area contributed by atoms with E-state index in [1.165, 1.54) is 63.8 Å². The van der Waals surface area contributed by atoms with Crippen molar-refractivity contribution in [3.63, 3.8) is 0 Å². The molecule has 1 aromatic carbocycles. The Kier molecular flexibility index (Phi) is 4.42. The molecule has 2 saturated heterocycles. The molecule has 0 bridgehead atoms. The number of hydrogen-bond acceptors (Lipinski definition) is 2. The summed E-state index contributed by atoms with van der Waals surface area (Å²) < 4.78 is 0. The van der Waals surface area contributed by atoms with Crippen LogP contribution in [0.3, 0.4) is 0 Å². The van der Waals surface area contributed by atoms with Gasteiger partial charge < -0.3 is 10.2 Å². The zero-order valence-corrected chi connectivity index (χ0v) is 12.8. The van der Waals surface area contributed by atoms with Crippen molar-refractivity contribution in [3.05, 3.63) is 35.9 Å². The highest BCUT2D eigenvalue weighted by molar-refractivity contribution is 5.15. The van der Waals surface area contributed by atoms with Crippen molar-refractivity contribution in [2.45, 2.75) is 44.6 Å². The van der Waals surface area contributed by atoms with Gasteiger partial charge in [0, 0.05) is 12.1 Å². The van der Waals surface area contributed by atoms with Crippen molar-refractivity contribution < 1.29 is 0 Å². The van der Waals surface area contributed by atoms with Gasteiger partial charge >= 0.3 is 0 Å². The molecule has 0 aromatic heterocycles. The van der Waals surface area contributed by atoms with Crippen LogP contribution in [-0.2, 0) is 6.42 Å². The normalized spacial score (nSPS) is 28.9. The third-order valence-corrected chi connectivity index (χ3v) is 5.10. The Morgan fingerprint density at radius 2 is 1.95 bits per heavy atom. The van der Waals surface area contributed by atoms with E-state index < -0.39 is 0 Å². The van der Waals surface area contributed by atoms with E-state index in [0.717, 1.165) is 5.92 Å². The van der Waals surface area contributed by atoms with Crippen LogP contribution in [0.25, 0.3) is 0 Å². The minimum atomic E-state index is 0.381. The van der Waals surface area contributed by atoms with E-state index in [9.17, 15) is 0 Å². The molecule has 1 aromatic rings. The van der Waals surface area contributed by atoms with Crippen LogP contribution in [-0.4, -0.2) is 36.6 Å². The van der Waals surface area contributed by atoms with E-state index in [0.29, 0.717) is 5.54 Å². The maximum atomic E-state index is 3.69. The average Bonchev–Trinajstić information content (AvgIpc) is 2.89. The zero-order valence-electron chi connectivity index (χ0n) is 12.8. The zero-order chi connectivity index (χ0) is 13.8. The number of piperidine rings is 1. The molecule has 0 saturated carbocycles. The minimum Gasteiger partial charge on any atom is -0.310 e. The van der Waals surface area contributed by atoms with Crippen molar-refractivity contribution >= 4 is 0 Å². The fraction of sp³-hybridized carbons (Fsp3) is 0.667. The van der Waals surface area contributed by atoms with Crippen LogP contribution in [0.1, 0.15) is 38.2 Å². The molecule has 2 heteroatoms. The fourth-order valence-electron chi connectivity index (χ4n) is 3.88. The molecule has 1 N–H and O–H groups in total. The molecule has 2 aliphatic heterocycles. The summed E-state index contributed by atoms with van der Waals surface area (Å²) in [5.41, 5.74) is 1.89. The largest absolute Gasteiger partial charge is 0.310 e. The van der Waals surface area contributed by atoms with Gasteiger partial charge in [0.15, 0.2) is 0 Å². The van der Waals surface area contributed by atoms with Crippen LogP contribution in [0.4, 0.5) is 0 Å². The number of rotatable bonds is 4. The van der Waals surface area contributed by atoms with Gasteiger partial charge in [0.25, 0.3) is 0 Å². The van der Waals surface area contributed by atoms with Crippen molar-refractivity contribution in [3.8, 4) is 0 Å². The molecule has 0 spiro atoms. The van der Waals surface area contributed by atoms with Crippen LogP contribution < -0.4 is 5.32 Å². The van der Waals surface area contributed by atoms with E-state index in [2.05, 4.69) is 47.5 Å². The highest BCUT2D eigenvalue weighted by atomic mass is 15.2. The lowest BCUT2D eigenvalue weighted by Gasteiger charge is -2.37. The SMILES string of the molecule is CC1(CN2CCC(Cc3ccccc3)CC2)CCCN1. The maximum Gasteiger partial charge on any atom is 0.0280 e. The quantitative estimate of drug-likeness (QED) is 0.906. The van der Waals surface area contributed by atoms with E-state index >= 15 is 0 Å². The molecule has 20 heavy (non-hydrogen) atoms. The summed E-state index contributed by atoms with van der Waals surface area (Å²) in [6.07, 6.45) is 6.69. The molecule has 0 radical (unpaired) electrons. The summed E-state index contributed by atoms with van der Waals surface area (Å²) in [5.74, 6) is 0.887. The molecular formula is C18H28N2. The lowest BCUT2D eigenvalue weighted by molar-refractivity contribution is 0.145. The van der Waals surface area contributed by atoms with Gasteiger partial charge in [-0.3, -0.25) is 0 Å². The Morgan fingerprint density at radius 3 is 2.60 bits per heavy atom. The number of hydrogen-bond donors (Lipinski definition) is 1. The molecule has 1 unspecified atom stereocenters. The predicted octanol–water partition coefficient (Wildman–Crippen LogP) is 3.08. The van der Waals surface area contributed by atoms with Crippen molar-refractivity contribution in [1.29, 1.82) is 0 Å². The number of likely N-dealkylation sites (tertiary alicyclic amines) is 1. The Balaban J connectivity index is 1.45. The lowest BCUT2D eigenvalue weighted by atomic mass is 9.89. The average molecular weight is 272 g/mol. The summed E-state index contributed by atoms with van der Waals surface area (Å²) in [5, 5.41) is 3.69. The standard InChI is InChI=1S/C18H28N2/c1-18(10-5-11-19-18)15-20-12-8-17(9-13-20)14-16-6-3-2-4-7-16/h2-4,6-7,17,19H,5,8-15H2,1H3. The topological polar surface area (TPSA) is 15.3 Å². The minimum absolute atomic E-state index is 0.381. The molecule has 0 amide bonds. The molecule has 1 atom stereocenters. The van der Waals surface area contributed by atoms with Crippen LogP contribution in [0.2, 0.25) is 0 Å². The van der Waals surface area contributed by atoms with E-state index in [1.54, 1.807) is 0 Å². The van der Waals surface area contributed by atoms with Crippen LogP contribution in [0.15, 0.2) is 30.3 Å². The second-order valence-corrected chi connectivity index (χ2v) is 7.00. The van der Waals surface area contributed by atoms with Gasteiger partial charge in [0.2, 0.25) is 0 Å². The first-order valence-electron chi connectivity index (χ1n) is 8.25. The van der Waals surface area contributed by atoms with Gasteiger partial charge in [0.1, 0.15) is 0 Å². The first-order valence-corrected chi connectivity index (χ1v) is 8.25. The second kappa shape index (κ2) is 6.28. The molecule has 2 heterocycles. The van der Waals surface area contributed by atoms with Gasteiger partial charge in [-0.25, -0.2) is 0 Å². The van der Waals surface area contributed by atoms with Crippen molar-refractivity contribution in [2.24, 2.45) is 5.92 Å². The first-order chi connectivity index (χ1) is 9.73. The molecular weight excluding hydrogens is 244 g/mol. The smallest absolute Gasteiger partial charge is 0.0280 e. The maximum absolute atomic E-state index is 3.69. The molecule has 110 valence electrons. The van der Waals surface area contributed by atoms with Gasteiger partial charge in [-0.15, -0.1) is 0 Å². The molecule has 3 rings (SSSR count). The number of nitrogens with one attached hydrogen (secondary N) is 1.